The van der Waals surface area contributed by atoms with Gasteiger partial charge >= 0.3 is 5.97 Å². The van der Waals surface area contributed by atoms with Crippen molar-refractivity contribution in [2.24, 2.45) is 0 Å². The predicted molar refractivity (Wildman–Crippen MR) is 125 cm³/mol. The third-order valence-corrected chi connectivity index (χ3v) is 7.43. The monoisotopic (exact) mass is 447 g/mol. The summed E-state index contributed by atoms with van der Waals surface area (Å²) in [6.45, 7) is 0. The van der Waals surface area contributed by atoms with Crippen LogP contribution in [-0.2, 0) is 12.8 Å². The van der Waals surface area contributed by atoms with Crippen molar-refractivity contribution in [1.29, 1.82) is 0 Å². The minimum atomic E-state index is -1.00. The number of aryl methyl sites for hydroxylation is 1. The van der Waals surface area contributed by atoms with E-state index in [1.54, 1.807) is 24.3 Å². The third kappa shape index (κ3) is 4.15. The second kappa shape index (κ2) is 8.79. The van der Waals surface area contributed by atoms with E-state index in [0.29, 0.717) is 10.6 Å². The quantitative estimate of drug-likeness (QED) is 0.493. The Morgan fingerprint density at radius 1 is 1.00 bits per heavy atom. The molecule has 0 saturated heterocycles. The highest BCUT2D eigenvalue weighted by Gasteiger charge is 2.28. The van der Waals surface area contributed by atoms with Crippen LogP contribution in [0, 0.1) is 0 Å². The van der Waals surface area contributed by atoms with E-state index in [1.807, 2.05) is 17.5 Å². The molecular weight excluding hydrogens is 422 g/mol. The molecule has 1 unspecified atom stereocenters. The first kappa shape index (κ1) is 20.8. The number of ether oxygens (including phenoxy) is 1. The van der Waals surface area contributed by atoms with Crippen molar-refractivity contribution < 1.29 is 19.4 Å². The summed E-state index contributed by atoms with van der Waals surface area (Å²) in [5.74, 6) is -0.418. The number of hydrogen-bond donors (Lipinski definition) is 2. The number of carbonyl (C=O) groups excluding carboxylic acids is 1. The Bertz CT molecular complexity index is 1150. The third-order valence-electron chi connectivity index (χ3n) is 6.52. The van der Waals surface area contributed by atoms with Crippen LogP contribution in [0.2, 0.25) is 0 Å². The van der Waals surface area contributed by atoms with Crippen molar-refractivity contribution in [3.8, 4) is 5.75 Å². The molecule has 3 aromatic rings. The van der Waals surface area contributed by atoms with E-state index < -0.39 is 5.97 Å². The number of carboxylic acids is 1. The first-order valence-corrected chi connectivity index (χ1v) is 12.0. The van der Waals surface area contributed by atoms with Crippen LogP contribution in [0.5, 0.6) is 5.75 Å². The zero-order valence-corrected chi connectivity index (χ0v) is 18.5. The number of amides is 1. The van der Waals surface area contributed by atoms with Gasteiger partial charge in [-0.3, -0.25) is 4.79 Å². The van der Waals surface area contributed by atoms with Gasteiger partial charge in [0, 0.05) is 5.56 Å². The van der Waals surface area contributed by atoms with Gasteiger partial charge in [-0.2, -0.15) is 0 Å². The molecule has 0 radical (unpaired) electrons. The van der Waals surface area contributed by atoms with Crippen molar-refractivity contribution >= 4 is 28.2 Å². The van der Waals surface area contributed by atoms with Gasteiger partial charge in [0.2, 0.25) is 0 Å². The molecule has 2 aliphatic rings. The second-order valence-corrected chi connectivity index (χ2v) is 9.44. The maximum absolute atomic E-state index is 12.8. The molecule has 1 fully saturated rings. The number of aromatic carboxylic acids is 1. The van der Waals surface area contributed by atoms with Crippen molar-refractivity contribution in [3.63, 3.8) is 0 Å². The highest BCUT2D eigenvalue weighted by atomic mass is 32.1. The van der Waals surface area contributed by atoms with Crippen LogP contribution in [0.1, 0.15) is 69.0 Å². The largest absolute Gasteiger partial charge is 0.490 e. The van der Waals surface area contributed by atoms with E-state index >= 15 is 0 Å². The van der Waals surface area contributed by atoms with Crippen molar-refractivity contribution in [2.45, 2.75) is 50.5 Å². The molecule has 6 heteroatoms. The smallest absolute Gasteiger partial charge is 0.339 e. The van der Waals surface area contributed by atoms with E-state index in [-0.39, 0.29) is 23.5 Å². The van der Waals surface area contributed by atoms with Gasteiger partial charge in [0.05, 0.1) is 11.7 Å². The lowest BCUT2D eigenvalue weighted by molar-refractivity contribution is 0.0696. The van der Waals surface area contributed by atoms with Crippen LogP contribution in [0.4, 0.5) is 5.00 Å². The fourth-order valence-electron chi connectivity index (χ4n) is 4.49. The van der Waals surface area contributed by atoms with Gasteiger partial charge in [0.15, 0.2) is 0 Å². The van der Waals surface area contributed by atoms with Crippen LogP contribution in [0.15, 0.2) is 53.9 Å². The number of nitrogens with one attached hydrogen (secondary N) is 1. The van der Waals surface area contributed by atoms with Crippen LogP contribution in [0.25, 0.3) is 0 Å². The average molecular weight is 448 g/mol. The summed E-state index contributed by atoms with van der Waals surface area (Å²) in [7, 11) is 0. The Kier molecular flexibility index (Phi) is 5.70. The van der Waals surface area contributed by atoms with Crippen molar-refractivity contribution in [3.05, 3.63) is 81.7 Å². The molecule has 5 rings (SSSR count). The summed E-state index contributed by atoms with van der Waals surface area (Å²) >= 11 is 1.29. The Labute approximate surface area is 191 Å². The zero-order chi connectivity index (χ0) is 22.1. The van der Waals surface area contributed by atoms with Crippen molar-refractivity contribution in [2.75, 3.05) is 5.32 Å². The normalized spacial score (nSPS) is 17.8. The summed E-state index contributed by atoms with van der Waals surface area (Å²) in [6.07, 6.45) is 6.30. The van der Waals surface area contributed by atoms with Gasteiger partial charge in [0.25, 0.3) is 5.91 Å². The Morgan fingerprint density at radius 2 is 1.75 bits per heavy atom. The highest BCUT2D eigenvalue weighted by molar-refractivity contribution is 7.15. The van der Waals surface area contributed by atoms with Crippen LogP contribution in [0.3, 0.4) is 0 Å². The van der Waals surface area contributed by atoms with Crippen LogP contribution in [-0.4, -0.2) is 23.1 Å². The molecule has 1 aromatic heterocycles. The van der Waals surface area contributed by atoms with Gasteiger partial charge in [-0.15, -0.1) is 11.3 Å². The molecule has 0 spiro atoms. The lowest BCUT2D eigenvalue weighted by atomic mass is 9.80. The molecule has 2 aliphatic carbocycles. The standard InChI is InChI=1S/C26H25NO4S/c28-24(17-10-12-21(13-11-17)31-20-6-3-7-20)27-25-23(26(29)30)22(15-32-25)19-9-8-16-4-1-2-5-18(16)14-19/h1-2,4-5,10-13,15,19-20H,3,6-9,14H2,(H,27,28)(H,29,30). The molecule has 1 saturated carbocycles. The molecule has 164 valence electrons. The number of carboxylic acid groups (broad SMARTS) is 1. The minimum absolute atomic E-state index is 0.140. The topological polar surface area (TPSA) is 75.6 Å². The van der Waals surface area contributed by atoms with Crippen LogP contribution < -0.4 is 10.1 Å². The van der Waals surface area contributed by atoms with Gasteiger partial charge in [0.1, 0.15) is 10.8 Å². The Hall–Kier alpha value is -3.12. The number of anilines is 1. The molecular formula is C26H25NO4S. The SMILES string of the molecule is O=C(Nc1scc(C2CCc3ccccc3C2)c1C(=O)O)c1ccc(OC2CCC2)cc1. The average Bonchev–Trinajstić information content (AvgIpc) is 3.20. The molecule has 1 heterocycles. The zero-order valence-electron chi connectivity index (χ0n) is 17.7. The van der Waals surface area contributed by atoms with Gasteiger partial charge in [-0.1, -0.05) is 24.3 Å². The van der Waals surface area contributed by atoms with Gasteiger partial charge < -0.3 is 15.2 Å². The number of carbonyl (C=O) groups is 2. The number of benzene rings is 2. The molecule has 2 aromatic carbocycles. The summed E-state index contributed by atoms with van der Waals surface area (Å²) in [4.78, 5) is 24.9. The second-order valence-electron chi connectivity index (χ2n) is 8.56. The first-order valence-electron chi connectivity index (χ1n) is 11.1. The number of fused-ring (bicyclic) bond motifs is 1. The molecule has 32 heavy (non-hydrogen) atoms. The fraction of sp³-hybridized carbons (Fsp3) is 0.308. The van der Waals surface area contributed by atoms with E-state index in [9.17, 15) is 14.7 Å². The number of thiophene rings is 1. The molecule has 1 amide bonds. The molecule has 1 atom stereocenters. The van der Waals surface area contributed by atoms with Gasteiger partial charge in [-0.05, 0) is 90.8 Å². The first-order chi connectivity index (χ1) is 15.6. The van der Waals surface area contributed by atoms with E-state index in [2.05, 4.69) is 17.4 Å². The van der Waals surface area contributed by atoms with Crippen LogP contribution >= 0.6 is 11.3 Å². The molecule has 2 N–H and O–H groups in total. The summed E-state index contributed by atoms with van der Waals surface area (Å²) in [5.41, 5.74) is 4.13. The highest BCUT2D eigenvalue weighted by Crippen LogP contribution is 2.40. The molecule has 5 nitrogen and oxygen atoms in total. The summed E-state index contributed by atoms with van der Waals surface area (Å²) in [5, 5.41) is 15.1. The molecule has 0 bridgehead atoms. The summed E-state index contributed by atoms with van der Waals surface area (Å²) in [6, 6.07) is 15.4. The lowest BCUT2D eigenvalue weighted by Gasteiger charge is -2.26. The summed E-state index contributed by atoms with van der Waals surface area (Å²) < 4.78 is 5.84. The Balaban J connectivity index is 1.32. The molecule has 0 aliphatic heterocycles. The Morgan fingerprint density at radius 3 is 2.44 bits per heavy atom. The number of hydrogen-bond acceptors (Lipinski definition) is 4. The number of rotatable bonds is 6. The van der Waals surface area contributed by atoms with Gasteiger partial charge in [-0.25, -0.2) is 4.79 Å². The van der Waals surface area contributed by atoms with Crippen molar-refractivity contribution in [1.82, 2.24) is 0 Å². The maximum atomic E-state index is 12.8. The van der Waals surface area contributed by atoms with E-state index in [1.165, 1.54) is 28.9 Å². The fourth-order valence-corrected chi connectivity index (χ4v) is 5.52. The predicted octanol–water partition coefficient (Wildman–Crippen LogP) is 5.90. The van der Waals surface area contributed by atoms with E-state index in [4.69, 9.17) is 4.74 Å². The maximum Gasteiger partial charge on any atom is 0.339 e. The lowest BCUT2D eigenvalue weighted by Crippen LogP contribution is -2.24. The minimum Gasteiger partial charge on any atom is -0.490 e. The van der Waals surface area contributed by atoms with E-state index in [0.717, 1.165) is 43.4 Å².